The van der Waals surface area contributed by atoms with E-state index < -0.39 is 0 Å². The monoisotopic (exact) mass is 249 g/mol. The zero-order valence-corrected chi connectivity index (χ0v) is 10.5. The van der Waals surface area contributed by atoms with Gasteiger partial charge in [0.15, 0.2) is 0 Å². The van der Waals surface area contributed by atoms with Crippen molar-refractivity contribution in [3.05, 3.63) is 23.2 Å². The minimum absolute atomic E-state index is 0.595. The molecule has 0 aliphatic heterocycles. The van der Waals surface area contributed by atoms with E-state index in [1.807, 2.05) is 18.2 Å². The Labute approximate surface area is 106 Å². The number of rotatable bonds is 4. The molecule has 17 heavy (non-hydrogen) atoms. The highest BCUT2D eigenvalue weighted by molar-refractivity contribution is 6.31. The number of benzene rings is 1. The third-order valence-electron chi connectivity index (χ3n) is 3.43. The predicted octanol–water partition coefficient (Wildman–Crippen LogP) is 3.46. The van der Waals surface area contributed by atoms with Crippen LogP contribution in [0, 0.1) is 5.92 Å². The summed E-state index contributed by atoms with van der Waals surface area (Å²) in [4.78, 5) is 4.35. The number of nitrogens with two attached hydrogens (primary N) is 1. The van der Waals surface area contributed by atoms with Gasteiger partial charge in [0, 0.05) is 11.6 Å². The van der Waals surface area contributed by atoms with Gasteiger partial charge >= 0.3 is 0 Å². The smallest absolute Gasteiger partial charge is 0.201 e. The van der Waals surface area contributed by atoms with E-state index >= 15 is 0 Å². The third kappa shape index (κ3) is 2.25. The molecule has 3 nitrogen and oxygen atoms in total. The van der Waals surface area contributed by atoms with Crippen LogP contribution in [0.15, 0.2) is 18.2 Å². The number of nitrogen functional groups attached to an aromatic ring is 1. The highest BCUT2D eigenvalue weighted by Crippen LogP contribution is 2.34. The summed E-state index contributed by atoms with van der Waals surface area (Å²) in [5.74, 6) is 1.56. The maximum absolute atomic E-state index is 6.01. The number of anilines is 1. The lowest BCUT2D eigenvalue weighted by Crippen LogP contribution is -2.03. The lowest BCUT2D eigenvalue weighted by molar-refractivity contribution is 0.590. The Kier molecular flexibility index (Phi) is 2.71. The molecule has 3 rings (SSSR count). The summed E-state index contributed by atoms with van der Waals surface area (Å²) < 4.78 is 2.07. The zero-order valence-electron chi connectivity index (χ0n) is 9.69. The van der Waals surface area contributed by atoms with Gasteiger partial charge in [-0.05, 0) is 37.0 Å². The number of aryl methyl sites for hydroxylation is 1. The van der Waals surface area contributed by atoms with Crippen molar-refractivity contribution in [2.75, 3.05) is 5.73 Å². The van der Waals surface area contributed by atoms with E-state index in [9.17, 15) is 0 Å². The lowest BCUT2D eigenvalue weighted by Gasteiger charge is -2.06. The molecule has 2 aromatic rings. The average Bonchev–Trinajstić information content (AvgIpc) is 3.06. The van der Waals surface area contributed by atoms with Gasteiger partial charge in [-0.15, -0.1) is 0 Å². The molecule has 1 heterocycles. The summed E-state index contributed by atoms with van der Waals surface area (Å²) >= 11 is 6.01. The molecule has 0 radical (unpaired) electrons. The van der Waals surface area contributed by atoms with Gasteiger partial charge in [-0.25, -0.2) is 4.98 Å². The Balaban J connectivity index is 1.84. The Morgan fingerprint density at radius 2 is 2.24 bits per heavy atom. The molecule has 90 valence electrons. The van der Waals surface area contributed by atoms with Gasteiger partial charge in [-0.1, -0.05) is 24.4 Å². The van der Waals surface area contributed by atoms with Crippen molar-refractivity contribution < 1.29 is 0 Å². The molecule has 0 unspecified atom stereocenters. The van der Waals surface area contributed by atoms with Gasteiger partial charge in [0.2, 0.25) is 5.95 Å². The molecular formula is C13H16ClN3. The first-order valence-electron chi connectivity index (χ1n) is 6.15. The minimum atomic E-state index is 0.595. The van der Waals surface area contributed by atoms with Crippen LogP contribution >= 0.6 is 11.6 Å². The van der Waals surface area contributed by atoms with Crippen molar-refractivity contribution in [3.63, 3.8) is 0 Å². The van der Waals surface area contributed by atoms with Crippen LogP contribution in [-0.4, -0.2) is 9.55 Å². The second-order valence-electron chi connectivity index (χ2n) is 4.84. The number of aromatic nitrogens is 2. The first-order chi connectivity index (χ1) is 8.24. The predicted molar refractivity (Wildman–Crippen MR) is 71.1 cm³/mol. The van der Waals surface area contributed by atoms with Crippen molar-refractivity contribution in [2.45, 2.75) is 32.2 Å². The van der Waals surface area contributed by atoms with Gasteiger partial charge in [0.1, 0.15) is 0 Å². The largest absolute Gasteiger partial charge is 0.369 e. The Bertz CT molecular complexity index is 543. The molecular weight excluding hydrogens is 234 g/mol. The molecule has 1 saturated carbocycles. The van der Waals surface area contributed by atoms with Gasteiger partial charge in [0.05, 0.1) is 11.0 Å². The number of imidazole rings is 1. The fraction of sp³-hybridized carbons (Fsp3) is 0.462. The Hall–Kier alpha value is -1.22. The Morgan fingerprint density at radius 3 is 3.00 bits per heavy atom. The second kappa shape index (κ2) is 4.22. The summed E-state index contributed by atoms with van der Waals surface area (Å²) in [7, 11) is 0. The van der Waals surface area contributed by atoms with Crippen LogP contribution in [0.3, 0.4) is 0 Å². The van der Waals surface area contributed by atoms with Crippen LogP contribution < -0.4 is 5.73 Å². The highest BCUT2D eigenvalue weighted by Gasteiger charge is 2.20. The summed E-state index contributed by atoms with van der Waals surface area (Å²) in [5.41, 5.74) is 7.92. The number of fused-ring (bicyclic) bond motifs is 1. The van der Waals surface area contributed by atoms with Crippen LogP contribution in [0.2, 0.25) is 5.02 Å². The van der Waals surface area contributed by atoms with Gasteiger partial charge in [-0.3, -0.25) is 0 Å². The van der Waals surface area contributed by atoms with Crippen LogP contribution in [-0.2, 0) is 6.54 Å². The lowest BCUT2D eigenvalue weighted by atomic mass is 10.2. The van der Waals surface area contributed by atoms with Gasteiger partial charge in [-0.2, -0.15) is 0 Å². The van der Waals surface area contributed by atoms with Crippen molar-refractivity contribution in [3.8, 4) is 0 Å². The maximum atomic E-state index is 6.01. The second-order valence-corrected chi connectivity index (χ2v) is 5.28. The molecule has 0 saturated heterocycles. The zero-order chi connectivity index (χ0) is 11.8. The normalized spacial score (nSPS) is 15.6. The van der Waals surface area contributed by atoms with E-state index in [1.54, 1.807) is 0 Å². The first kappa shape index (κ1) is 10.9. The minimum Gasteiger partial charge on any atom is -0.369 e. The third-order valence-corrected chi connectivity index (χ3v) is 3.67. The van der Waals surface area contributed by atoms with Crippen LogP contribution in [0.25, 0.3) is 11.0 Å². The number of nitrogens with zero attached hydrogens (tertiary/aromatic N) is 2. The average molecular weight is 250 g/mol. The summed E-state index contributed by atoms with van der Waals surface area (Å²) in [5, 5.41) is 0.737. The molecule has 0 amide bonds. The molecule has 0 spiro atoms. The fourth-order valence-electron chi connectivity index (χ4n) is 2.29. The molecule has 2 N–H and O–H groups in total. The standard InChI is InChI=1S/C13H16ClN3/c14-10-5-6-11-12(8-10)17(13(15)16-11)7-1-2-9-3-4-9/h5-6,8-9H,1-4,7H2,(H2,15,16). The van der Waals surface area contributed by atoms with E-state index in [2.05, 4.69) is 9.55 Å². The molecule has 1 aromatic carbocycles. The van der Waals surface area contributed by atoms with Crippen molar-refractivity contribution in [1.29, 1.82) is 0 Å². The number of hydrogen-bond acceptors (Lipinski definition) is 2. The summed E-state index contributed by atoms with van der Waals surface area (Å²) in [6.07, 6.45) is 5.30. The van der Waals surface area contributed by atoms with E-state index in [1.165, 1.54) is 25.7 Å². The summed E-state index contributed by atoms with van der Waals surface area (Å²) in [6.45, 7) is 0.944. The van der Waals surface area contributed by atoms with Crippen molar-refractivity contribution in [1.82, 2.24) is 9.55 Å². The van der Waals surface area contributed by atoms with Crippen molar-refractivity contribution >= 4 is 28.6 Å². The van der Waals surface area contributed by atoms with Crippen LogP contribution in [0.5, 0.6) is 0 Å². The van der Waals surface area contributed by atoms with Gasteiger partial charge in [0.25, 0.3) is 0 Å². The van der Waals surface area contributed by atoms with Crippen molar-refractivity contribution in [2.24, 2.45) is 5.92 Å². The fourth-order valence-corrected chi connectivity index (χ4v) is 2.46. The topological polar surface area (TPSA) is 43.8 Å². The summed E-state index contributed by atoms with van der Waals surface area (Å²) in [6, 6.07) is 5.72. The molecule has 0 atom stereocenters. The Morgan fingerprint density at radius 1 is 1.41 bits per heavy atom. The van der Waals surface area contributed by atoms with E-state index in [-0.39, 0.29) is 0 Å². The molecule has 1 fully saturated rings. The van der Waals surface area contributed by atoms with Crippen LogP contribution in [0.4, 0.5) is 5.95 Å². The SMILES string of the molecule is Nc1nc2ccc(Cl)cc2n1CCCC1CC1. The van der Waals surface area contributed by atoms with Crippen LogP contribution in [0.1, 0.15) is 25.7 Å². The maximum Gasteiger partial charge on any atom is 0.201 e. The number of halogens is 1. The van der Waals surface area contributed by atoms with E-state index in [0.717, 1.165) is 28.5 Å². The molecule has 0 bridgehead atoms. The quantitative estimate of drug-likeness (QED) is 0.902. The molecule has 1 aliphatic rings. The highest BCUT2D eigenvalue weighted by atomic mass is 35.5. The first-order valence-corrected chi connectivity index (χ1v) is 6.53. The van der Waals surface area contributed by atoms with Gasteiger partial charge < -0.3 is 10.3 Å². The molecule has 1 aliphatic carbocycles. The van der Waals surface area contributed by atoms with E-state index in [0.29, 0.717) is 5.95 Å². The molecule has 1 aromatic heterocycles. The number of hydrogen-bond donors (Lipinski definition) is 1. The van der Waals surface area contributed by atoms with E-state index in [4.69, 9.17) is 17.3 Å². The molecule has 4 heteroatoms.